The molecule has 0 atom stereocenters. The largest absolute Gasteiger partial charge is 0.341 e. The van der Waals surface area contributed by atoms with Gasteiger partial charge in [-0.1, -0.05) is 17.8 Å². The monoisotopic (exact) mass is 328 g/mol. The van der Waals surface area contributed by atoms with Crippen molar-refractivity contribution >= 4 is 29.4 Å². The molecule has 6 heteroatoms. The van der Waals surface area contributed by atoms with E-state index in [0.717, 1.165) is 53.7 Å². The van der Waals surface area contributed by atoms with Crippen molar-refractivity contribution in [2.45, 2.75) is 17.9 Å². The third-order valence-electron chi connectivity index (χ3n) is 4.56. The lowest BCUT2D eigenvalue weighted by Gasteiger charge is -2.28. The van der Waals surface area contributed by atoms with Crippen molar-refractivity contribution in [3.63, 3.8) is 0 Å². The Morgan fingerprint density at radius 2 is 2.26 bits per heavy atom. The number of carbonyl (C=O) groups is 1. The quantitative estimate of drug-likeness (QED) is 0.939. The van der Waals surface area contributed by atoms with E-state index in [-0.39, 0.29) is 5.91 Å². The summed E-state index contributed by atoms with van der Waals surface area (Å²) < 4.78 is 2.09. The van der Waals surface area contributed by atoms with Crippen molar-refractivity contribution < 1.29 is 4.79 Å². The Hall–Kier alpha value is -1.79. The van der Waals surface area contributed by atoms with Gasteiger partial charge in [0.2, 0.25) is 0 Å². The van der Waals surface area contributed by atoms with E-state index < -0.39 is 0 Å². The average Bonchev–Trinajstić information content (AvgIpc) is 3.00. The Kier molecular flexibility index (Phi) is 3.87. The molecule has 0 aliphatic carbocycles. The number of likely N-dealkylation sites (N-methyl/N-ethyl adjacent to an activating group) is 1. The Bertz CT molecular complexity index is 776. The topological polar surface area (TPSA) is 49.6 Å². The number of piperidine rings is 1. The molecule has 120 valence electrons. The second-order valence-corrected chi connectivity index (χ2v) is 7.29. The van der Waals surface area contributed by atoms with Crippen molar-refractivity contribution in [1.29, 1.82) is 0 Å². The molecule has 0 spiro atoms. The molecule has 0 aromatic carbocycles. The van der Waals surface area contributed by atoms with Gasteiger partial charge in [-0.05, 0) is 50.1 Å². The predicted molar refractivity (Wildman–Crippen MR) is 92.3 cm³/mol. The summed E-state index contributed by atoms with van der Waals surface area (Å²) in [5.41, 5.74) is 1.91. The molecule has 0 saturated carbocycles. The lowest BCUT2D eigenvalue weighted by Crippen LogP contribution is -2.37. The number of nitrogens with zero attached hydrogens (tertiary/aromatic N) is 3. The van der Waals surface area contributed by atoms with E-state index in [1.807, 2.05) is 42.4 Å². The van der Waals surface area contributed by atoms with Crippen LogP contribution in [0.15, 0.2) is 34.3 Å². The fourth-order valence-electron chi connectivity index (χ4n) is 3.31. The van der Waals surface area contributed by atoms with Gasteiger partial charge in [0.05, 0.1) is 21.8 Å². The summed E-state index contributed by atoms with van der Waals surface area (Å²) in [5.74, 6) is 0.714. The zero-order valence-electron chi connectivity index (χ0n) is 13.2. The fourth-order valence-corrected chi connectivity index (χ4v) is 4.40. The molecular formula is C17H20N4OS. The molecule has 5 nitrogen and oxygen atoms in total. The van der Waals surface area contributed by atoms with E-state index >= 15 is 0 Å². The number of carbonyl (C=O) groups excluding carboxylic acids is 1. The highest BCUT2D eigenvalue weighted by Gasteiger charge is 2.24. The highest BCUT2D eigenvalue weighted by Crippen LogP contribution is 2.35. The third kappa shape index (κ3) is 2.77. The molecule has 2 aliphatic rings. The molecule has 1 N–H and O–H groups in total. The molecule has 4 rings (SSSR count). The van der Waals surface area contributed by atoms with Gasteiger partial charge in [0, 0.05) is 13.6 Å². The zero-order chi connectivity index (χ0) is 15.8. The molecule has 2 aromatic rings. The van der Waals surface area contributed by atoms with E-state index in [4.69, 9.17) is 0 Å². The number of aromatic nitrogens is 2. The first-order chi connectivity index (χ1) is 11.2. The van der Waals surface area contributed by atoms with E-state index in [1.54, 1.807) is 0 Å². The molecule has 1 amide bonds. The van der Waals surface area contributed by atoms with Gasteiger partial charge in [0.15, 0.2) is 0 Å². The van der Waals surface area contributed by atoms with Crippen LogP contribution < -0.4 is 5.32 Å². The number of hydrogen-bond acceptors (Lipinski definition) is 4. The second kappa shape index (κ2) is 6.02. The maximum Gasteiger partial charge on any atom is 0.260 e. The van der Waals surface area contributed by atoms with Crippen molar-refractivity contribution in [2.75, 3.05) is 26.7 Å². The summed E-state index contributed by atoms with van der Waals surface area (Å²) >= 11 is 1.53. The molecule has 0 radical (unpaired) electrons. The summed E-state index contributed by atoms with van der Waals surface area (Å²) in [7, 11) is 1.91. The first-order valence-electron chi connectivity index (χ1n) is 8.04. The van der Waals surface area contributed by atoms with Gasteiger partial charge in [0.25, 0.3) is 5.91 Å². The molecule has 4 heterocycles. The van der Waals surface area contributed by atoms with Gasteiger partial charge < -0.3 is 10.2 Å². The van der Waals surface area contributed by atoms with Crippen LogP contribution in [0.4, 0.5) is 0 Å². The Morgan fingerprint density at radius 3 is 3.09 bits per heavy atom. The average molecular weight is 328 g/mol. The molecule has 0 bridgehead atoms. The molecule has 2 aliphatic heterocycles. The fraction of sp³-hybridized carbons (Fsp3) is 0.412. The highest BCUT2D eigenvalue weighted by molar-refractivity contribution is 8.04. The van der Waals surface area contributed by atoms with Gasteiger partial charge >= 0.3 is 0 Å². The molecule has 2 aromatic heterocycles. The number of thioether (sulfide) groups is 1. The number of amides is 1. The molecule has 23 heavy (non-hydrogen) atoms. The van der Waals surface area contributed by atoms with Crippen LogP contribution in [0.1, 0.15) is 18.5 Å². The summed E-state index contributed by atoms with van der Waals surface area (Å²) in [5, 5.41) is 4.42. The van der Waals surface area contributed by atoms with Gasteiger partial charge in [-0.25, -0.2) is 4.98 Å². The minimum absolute atomic E-state index is 0.109. The van der Waals surface area contributed by atoms with E-state index in [1.165, 1.54) is 11.8 Å². The number of hydrogen-bond donors (Lipinski definition) is 1. The van der Waals surface area contributed by atoms with Gasteiger partial charge in [-0.15, -0.1) is 0 Å². The Labute approximate surface area is 139 Å². The van der Waals surface area contributed by atoms with Crippen LogP contribution in [0, 0.1) is 5.92 Å². The summed E-state index contributed by atoms with van der Waals surface area (Å²) in [6, 6.07) is 6.01. The first-order valence-corrected chi connectivity index (χ1v) is 8.86. The van der Waals surface area contributed by atoms with E-state index in [0.29, 0.717) is 5.92 Å². The van der Waals surface area contributed by atoms with Crippen LogP contribution in [0.3, 0.4) is 0 Å². The van der Waals surface area contributed by atoms with Gasteiger partial charge in [-0.2, -0.15) is 0 Å². The van der Waals surface area contributed by atoms with Crippen molar-refractivity contribution in [3.8, 4) is 0 Å². The van der Waals surface area contributed by atoms with Gasteiger partial charge in [0.1, 0.15) is 5.65 Å². The summed E-state index contributed by atoms with van der Waals surface area (Å²) in [6.07, 6.45) is 6.09. The lowest BCUT2D eigenvalue weighted by molar-refractivity contribution is -0.125. The highest BCUT2D eigenvalue weighted by atomic mass is 32.2. The summed E-state index contributed by atoms with van der Waals surface area (Å²) in [4.78, 5) is 19.9. The number of rotatable bonds is 3. The minimum Gasteiger partial charge on any atom is -0.341 e. The smallest absolute Gasteiger partial charge is 0.260 e. The Morgan fingerprint density at radius 1 is 1.43 bits per heavy atom. The molecular weight excluding hydrogens is 308 g/mol. The normalized spacial score (nSPS) is 18.0. The van der Waals surface area contributed by atoms with E-state index in [2.05, 4.69) is 14.7 Å². The zero-order valence-corrected chi connectivity index (χ0v) is 14.0. The molecule has 1 saturated heterocycles. The van der Waals surface area contributed by atoms with Crippen LogP contribution in [0.25, 0.3) is 11.7 Å². The van der Waals surface area contributed by atoms with Crippen molar-refractivity contribution in [1.82, 2.24) is 19.6 Å². The van der Waals surface area contributed by atoms with Crippen LogP contribution >= 0.6 is 11.8 Å². The van der Waals surface area contributed by atoms with Crippen LogP contribution in [-0.4, -0.2) is 46.9 Å². The van der Waals surface area contributed by atoms with Crippen molar-refractivity contribution in [3.05, 3.63) is 35.0 Å². The summed E-state index contributed by atoms with van der Waals surface area (Å²) in [6.45, 7) is 2.96. The second-order valence-electron chi connectivity index (χ2n) is 6.23. The number of nitrogens with one attached hydrogen (secondary N) is 1. The van der Waals surface area contributed by atoms with Crippen LogP contribution in [-0.2, 0) is 4.79 Å². The Balaban J connectivity index is 1.53. The van der Waals surface area contributed by atoms with Crippen molar-refractivity contribution in [2.24, 2.45) is 5.92 Å². The van der Waals surface area contributed by atoms with Crippen LogP contribution in [0.5, 0.6) is 0 Å². The maximum absolute atomic E-state index is 12.8. The van der Waals surface area contributed by atoms with Crippen LogP contribution in [0.2, 0.25) is 0 Å². The lowest BCUT2D eigenvalue weighted by atomic mass is 9.98. The number of pyridine rings is 1. The predicted octanol–water partition coefficient (Wildman–Crippen LogP) is 2.24. The third-order valence-corrected chi connectivity index (χ3v) is 5.60. The van der Waals surface area contributed by atoms with E-state index in [9.17, 15) is 4.79 Å². The molecule has 1 fully saturated rings. The first kappa shape index (κ1) is 14.8. The standard InChI is InChI=1S/C17H20N4OS/c1-20(11-12-5-7-18-8-6-12)17(22)14-9-13-10-19-15-3-2-4-16(23-14)21(13)15/h2-4,9-10,12,18H,5-8,11H2,1H3. The number of imidazole rings is 1. The minimum atomic E-state index is 0.109. The van der Waals surface area contributed by atoms with Gasteiger partial charge in [-0.3, -0.25) is 9.20 Å². The maximum atomic E-state index is 12.8. The molecule has 0 unspecified atom stereocenters. The SMILES string of the molecule is CN(CC1CCNCC1)C(=O)C1=Cc2cnc3cccc(n23)S1.